The van der Waals surface area contributed by atoms with Crippen LogP contribution in [0.2, 0.25) is 0 Å². The summed E-state index contributed by atoms with van der Waals surface area (Å²) < 4.78 is 0.625. The van der Waals surface area contributed by atoms with Crippen LogP contribution in [-0.2, 0) is 6.54 Å². The Labute approximate surface area is 57.9 Å². The fourth-order valence-corrected chi connectivity index (χ4v) is 0.732. The van der Waals surface area contributed by atoms with Gasteiger partial charge in [0.2, 0.25) is 0 Å². The van der Waals surface area contributed by atoms with Crippen molar-refractivity contribution >= 4 is 12.2 Å². The molecule has 0 fully saturated rings. The molecule has 4 heteroatoms. The van der Waals surface area contributed by atoms with Crippen molar-refractivity contribution < 1.29 is 0 Å². The fraction of sp³-hybridized carbons (Fsp3) is 0.200. The quantitative estimate of drug-likeness (QED) is 0.563. The molecular weight excluding hydrogens is 134 g/mol. The molecule has 3 N–H and O–H groups in total. The predicted octanol–water partition coefficient (Wildman–Crippen LogP) is 0.598. The van der Waals surface area contributed by atoms with E-state index in [1.165, 1.54) is 0 Å². The van der Waals surface area contributed by atoms with Gasteiger partial charge in [0.05, 0.1) is 5.69 Å². The Morgan fingerprint density at radius 2 is 2.56 bits per heavy atom. The van der Waals surface area contributed by atoms with Crippen LogP contribution in [0.1, 0.15) is 5.69 Å². The zero-order valence-corrected chi connectivity index (χ0v) is 5.61. The van der Waals surface area contributed by atoms with E-state index in [-0.39, 0.29) is 0 Å². The standard InChI is InChI=1S/C5H7N3S/c6-3-4-5(9)8-2-1-7-4/h1-2H,3,6H2,(H,8,9). The lowest BCUT2D eigenvalue weighted by molar-refractivity contribution is 0.953. The van der Waals surface area contributed by atoms with E-state index in [0.717, 1.165) is 5.69 Å². The maximum absolute atomic E-state index is 5.30. The third-order valence-electron chi connectivity index (χ3n) is 0.975. The first-order valence-corrected chi connectivity index (χ1v) is 2.98. The van der Waals surface area contributed by atoms with Crippen molar-refractivity contribution in [2.45, 2.75) is 6.54 Å². The van der Waals surface area contributed by atoms with E-state index in [4.69, 9.17) is 18.0 Å². The van der Waals surface area contributed by atoms with E-state index < -0.39 is 0 Å². The third kappa shape index (κ3) is 1.34. The van der Waals surface area contributed by atoms with Gasteiger partial charge in [-0.3, -0.25) is 4.98 Å². The number of H-pyrrole nitrogens is 1. The summed E-state index contributed by atoms with van der Waals surface area (Å²) in [7, 11) is 0. The lowest BCUT2D eigenvalue weighted by atomic mass is 10.5. The van der Waals surface area contributed by atoms with Gasteiger partial charge in [-0.15, -0.1) is 0 Å². The van der Waals surface area contributed by atoms with Crippen molar-refractivity contribution in [2.24, 2.45) is 5.73 Å². The molecule has 3 nitrogen and oxygen atoms in total. The van der Waals surface area contributed by atoms with Crippen LogP contribution in [0.25, 0.3) is 0 Å². The molecule has 1 aromatic heterocycles. The van der Waals surface area contributed by atoms with Crippen molar-refractivity contribution in [1.82, 2.24) is 9.97 Å². The monoisotopic (exact) mass is 141 g/mol. The molecule has 0 saturated carbocycles. The molecule has 0 amide bonds. The molecule has 1 aromatic rings. The normalized spacial score (nSPS) is 9.44. The summed E-state index contributed by atoms with van der Waals surface area (Å²) in [5, 5.41) is 0. The molecule has 9 heavy (non-hydrogen) atoms. The third-order valence-corrected chi connectivity index (χ3v) is 1.33. The number of nitrogens with two attached hydrogens (primary N) is 1. The van der Waals surface area contributed by atoms with Gasteiger partial charge in [-0.05, 0) is 0 Å². The molecule has 0 aliphatic heterocycles. The maximum Gasteiger partial charge on any atom is 0.126 e. The first kappa shape index (κ1) is 6.38. The van der Waals surface area contributed by atoms with Crippen LogP contribution in [0, 0.1) is 4.64 Å². The topological polar surface area (TPSA) is 54.7 Å². The molecule has 0 aliphatic rings. The number of aromatic amines is 1. The van der Waals surface area contributed by atoms with Crippen LogP contribution in [-0.4, -0.2) is 9.97 Å². The van der Waals surface area contributed by atoms with Gasteiger partial charge in [-0.1, -0.05) is 12.2 Å². The van der Waals surface area contributed by atoms with Crippen LogP contribution < -0.4 is 5.73 Å². The number of nitrogens with zero attached hydrogens (tertiary/aromatic N) is 1. The minimum absolute atomic E-state index is 0.399. The van der Waals surface area contributed by atoms with Gasteiger partial charge in [0.15, 0.2) is 0 Å². The molecule has 1 heterocycles. The Bertz CT molecular complexity index is 242. The maximum atomic E-state index is 5.30. The Morgan fingerprint density at radius 3 is 3.00 bits per heavy atom. The highest BCUT2D eigenvalue weighted by Crippen LogP contribution is 1.90. The van der Waals surface area contributed by atoms with Crippen molar-refractivity contribution in [1.29, 1.82) is 0 Å². The molecule has 0 radical (unpaired) electrons. The zero-order chi connectivity index (χ0) is 6.69. The second-order valence-electron chi connectivity index (χ2n) is 1.57. The van der Waals surface area contributed by atoms with Crippen LogP contribution in [0.5, 0.6) is 0 Å². The molecule has 48 valence electrons. The van der Waals surface area contributed by atoms with Gasteiger partial charge in [0, 0.05) is 18.9 Å². The summed E-state index contributed by atoms with van der Waals surface area (Å²) >= 11 is 4.85. The highest BCUT2D eigenvalue weighted by molar-refractivity contribution is 7.71. The second kappa shape index (κ2) is 2.70. The molecule has 0 bridgehead atoms. The van der Waals surface area contributed by atoms with Crippen molar-refractivity contribution in [2.75, 3.05) is 0 Å². The van der Waals surface area contributed by atoms with Crippen LogP contribution >= 0.6 is 12.2 Å². The smallest absolute Gasteiger partial charge is 0.126 e. The molecule has 0 aromatic carbocycles. The van der Waals surface area contributed by atoms with Crippen LogP contribution in [0.3, 0.4) is 0 Å². The number of rotatable bonds is 1. The summed E-state index contributed by atoms with van der Waals surface area (Å²) in [6, 6.07) is 0. The molecule has 0 spiro atoms. The number of hydrogen-bond acceptors (Lipinski definition) is 3. The molecule has 0 unspecified atom stereocenters. The molecule has 0 aliphatic carbocycles. The van der Waals surface area contributed by atoms with Crippen LogP contribution in [0.15, 0.2) is 12.4 Å². The number of hydrogen-bond donors (Lipinski definition) is 2. The van der Waals surface area contributed by atoms with E-state index in [0.29, 0.717) is 11.2 Å². The van der Waals surface area contributed by atoms with E-state index in [2.05, 4.69) is 9.97 Å². The first-order valence-electron chi connectivity index (χ1n) is 2.57. The minimum atomic E-state index is 0.399. The lowest BCUT2D eigenvalue weighted by Gasteiger charge is -1.91. The van der Waals surface area contributed by atoms with Gasteiger partial charge >= 0.3 is 0 Å². The van der Waals surface area contributed by atoms with Gasteiger partial charge in [0.25, 0.3) is 0 Å². The molecule has 1 rings (SSSR count). The SMILES string of the molecule is NCc1ncc[nH]c1=S. The summed E-state index contributed by atoms with van der Waals surface area (Å²) in [6.07, 6.45) is 3.32. The van der Waals surface area contributed by atoms with E-state index in [1.54, 1.807) is 12.4 Å². The van der Waals surface area contributed by atoms with Gasteiger partial charge in [0.1, 0.15) is 4.64 Å². The Balaban J connectivity index is 3.16. The summed E-state index contributed by atoms with van der Waals surface area (Å²) in [6.45, 7) is 0.399. The van der Waals surface area contributed by atoms with Crippen molar-refractivity contribution in [3.8, 4) is 0 Å². The zero-order valence-electron chi connectivity index (χ0n) is 4.79. The highest BCUT2D eigenvalue weighted by Gasteiger charge is 1.88. The Morgan fingerprint density at radius 1 is 1.78 bits per heavy atom. The minimum Gasteiger partial charge on any atom is -0.350 e. The van der Waals surface area contributed by atoms with Crippen LogP contribution in [0.4, 0.5) is 0 Å². The fourth-order valence-electron chi connectivity index (χ4n) is 0.528. The number of nitrogens with one attached hydrogen (secondary N) is 1. The second-order valence-corrected chi connectivity index (χ2v) is 1.98. The molecule has 0 saturated heterocycles. The van der Waals surface area contributed by atoms with Crippen molar-refractivity contribution in [3.63, 3.8) is 0 Å². The van der Waals surface area contributed by atoms with Gasteiger partial charge < -0.3 is 10.7 Å². The predicted molar refractivity (Wildman–Crippen MR) is 37.3 cm³/mol. The van der Waals surface area contributed by atoms with E-state index in [1.807, 2.05) is 0 Å². The van der Waals surface area contributed by atoms with Crippen molar-refractivity contribution in [3.05, 3.63) is 22.7 Å². The summed E-state index contributed by atoms with van der Waals surface area (Å²) in [5.41, 5.74) is 6.04. The average molecular weight is 141 g/mol. The van der Waals surface area contributed by atoms with Gasteiger partial charge in [-0.2, -0.15) is 0 Å². The van der Waals surface area contributed by atoms with E-state index in [9.17, 15) is 0 Å². The average Bonchev–Trinajstić information content (AvgIpc) is 1.89. The largest absolute Gasteiger partial charge is 0.350 e. The van der Waals surface area contributed by atoms with Gasteiger partial charge in [-0.25, -0.2) is 0 Å². The summed E-state index contributed by atoms with van der Waals surface area (Å²) in [4.78, 5) is 6.76. The summed E-state index contributed by atoms with van der Waals surface area (Å²) in [5.74, 6) is 0. The first-order chi connectivity index (χ1) is 4.34. The number of aromatic nitrogens is 2. The Hall–Kier alpha value is -0.740. The highest BCUT2D eigenvalue weighted by atomic mass is 32.1. The van der Waals surface area contributed by atoms with E-state index >= 15 is 0 Å². The lowest BCUT2D eigenvalue weighted by Crippen LogP contribution is -2.00. The molecular formula is C5H7N3S. The Kier molecular flexibility index (Phi) is 1.92. The molecule has 0 atom stereocenters.